The first-order chi connectivity index (χ1) is 12.0. The van der Waals surface area contributed by atoms with Crippen molar-refractivity contribution >= 4 is 28.9 Å². The number of nitrogens with one attached hydrogen (secondary N) is 1. The first-order valence-electron chi connectivity index (χ1n) is 8.27. The van der Waals surface area contributed by atoms with Gasteiger partial charge in [0, 0.05) is 16.6 Å². The van der Waals surface area contributed by atoms with E-state index in [0.29, 0.717) is 22.2 Å². The normalized spacial score (nSPS) is 16.0. The predicted octanol–water partition coefficient (Wildman–Crippen LogP) is 3.68. The quantitative estimate of drug-likeness (QED) is 0.827. The van der Waals surface area contributed by atoms with Crippen LogP contribution in [0.1, 0.15) is 33.5 Å². The van der Waals surface area contributed by atoms with E-state index >= 15 is 0 Å². The number of hydrogen-bond donors (Lipinski definition) is 1. The van der Waals surface area contributed by atoms with Crippen LogP contribution in [0.4, 0.5) is 5.69 Å². The summed E-state index contributed by atoms with van der Waals surface area (Å²) in [5, 5.41) is 2.69. The molecule has 1 aromatic heterocycles. The number of ether oxygens (including phenoxy) is 2. The van der Waals surface area contributed by atoms with Gasteiger partial charge in [0.1, 0.15) is 10.6 Å². The van der Waals surface area contributed by atoms with Gasteiger partial charge in [0.2, 0.25) is 0 Å². The Morgan fingerprint density at radius 1 is 1.32 bits per heavy atom. The van der Waals surface area contributed by atoms with Crippen LogP contribution in [-0.2, 0) is 22.4 Å². The smallest absolute Gasteiger partial charge is 0.348 e. The highest BCUT2D eigenvalue weighted by atomic mass is 32.1. The molecule has 0 aliphatic heterocycles. The van der Waals surface area contributed by atoms with Crippen LogP contribution in [0.15, 0.2) is 30.3 Å². The Hall–Kier alpha value is -2.34. The molecule has 0 bridgehead atoms. The number of rotatable bonds is 5. The molecule has 6 heteroatoms. The Morgan fingerprint density at radius 3 is 2.96 bits per heavy atom. The van der Waals surface area contributed by atoms with Crippen LogP contribution in [0.25, 0.3) is 0 Å². The molecule has 0 radical (unpaired) electrons. The maximum atomic E-state index is 12.2. The van der Waals surface area contributed by atoms with E-state index in [0.717, 1.165) is 19.3 Å². The minimum atomic E-state index is -0.437. The molecule has 1 aliphatic rings. The molecule has 0 spiro atoms. The summed E-state index contributed by atoms with van der Waals surface area (Å²) in [7, 11) is 1.56. The number of methoxy groups -OCH3 is 1. The van der Waals surface area contributed by atoms with Crippen molar-refractivity contribution in [1.82, 2.24) is 0 Å². The molecule has 1 unspecified atom stereocenters. The van der Waals surface area contributed by atoms with Crippen LogP contribution < -0.4 is 10.1 Å². The lowest BCUT2D eigenvalue weighted by Crippen LogP contribution is -2.20. The summed E-state index contributed by atoms with van der Waals surface area (Å²) in [6.07, 6.45) is 3.19. The number of anilines is 1. The topological polar surface area (TPSA) is 64.6 Å². The van der Waals surface area contributed by atoms with Crippen LogP contribution >= 0.6 is 11.3 Å². The molecule has 1 aliphatic carbocycles. The van der Waals surface area contributed by atoms with E-state index in [1.807, 2.05) is 6.07 Å². The Kier molecular flexibility index (Phi) is 5.38. The summed E-state index contributed by atoms with van der Waals surface area (Å²) in [5.74, 6) is 0.484. The van der Waals surface area contributed by atoms with E-state index < -0.39 is 5.97 Å². The van der Waals surface area contributed by atoms with Crippen molar-refractivity contribution in [3.8, 4) is 5.75 Å². The number of aryl methyl sites for hydroxylation is 1. The Labute approximate surface area is 151 Å². The molecule has 0 saturated heterocycles. The van der Waals surface area contributed by atoms with Crippen LogP contribution in [0.3, 0.4) is 0 Å². The van der Waals surface area contributed by atoms with E-state index in [1.54, 1.807) is 31.4 Å². The molecule has 3 rings (SSSR count). The number of esters is 1. The molecular weight excluding hydrogens is 338 g/mol. The minimum absolute atomic E-state index is 0.311. The number of fused-ring (bicyclic) bond motifs is 1. The molecule has 1 heterocycles. The van der Waals surface area contributed by atoms with E-state index in [1.165, 1.54) is 21.8 Å². The summed E-state index contributed by atoms with van der Waals surface area (Å²) in [6, 6.07) is 8.93. The van der Waals surface area contributed by atoms with Gasteiger partial charge in [-0.3, -0.25) is 4.79 Å². The minimum Gasteiger partial charge on any atom is -0.497 e. The molecule has 0 saturated carbocycles. The van der Waals surface area contributed by atoms with Crippen molar-refractivity contribution in [3.63, 3.8) is 0 Å². The Balaban J connectivity index is 1.54. The average Bonchev–Trinajstić information content (AvgIpc) is 3.03. The number of benzene rings is 1. The summed E-state index contributed by atoms with van der Waals surface area (Å²) in [4.78, 5) is 26.0. The van der Waals surface area contributed by atoms with Crippen molar-refractivity contribution in [2.24, 2.45) is 5.92 Å². The maximum Gasteiger partial charge on any atom is 0.348 e. The standard InChI is InChI=1S/C19H21NO4S/c1-12-6-7-16-13(8-12)9-17(25-16)19(22)24-11-18(21)20-14-4-3-5-15(10-14)23-2/h3-5,9-10,12H,6-8,11H2,1-2H3,(H,20,21). The number of carbonyl (C=O) groups is 2. The average molecular weight is 359 g/mol. The van der Waals surface area contributed by atoms with Gasteiger partial charge in [-0.25, -0.2) is 4.79 Å². The summed E-state index contributed by atoms with van der Waals surface area (Å²) in [6.45, 7) is 1.91. The zero-order valence-corrected chi connectivity index (χ0v) is 15.2. The van der Waals surface area contributed by atoms with Gasteiger partial charge in [-0.15, -0.1) is 11.3 Å². The monoisotopic (exact) mass is 359 g/mol. The summed E-state index contributed by atoms with van der Waals surface area (Å²) in [5.41, 5.74) is 1.84. The largest absolute Gasteiger partial charge is 0.497 e. The first-order valence-corrected chi connectivity index (χ1v) is 9.09. The van der Waals surface area contributed by atoms with Gasteiger partial charge in [-0.1, -0.05) is 13.0 Å². The SMILES string of the molecule is COc1cccc(NC(=O)COC(=O)c2cc3c(s2)CCC(C)C3)c1. The van der Waals surface area contributed by atoms with E-state index in [-0.39, 0.29) is 12.5 Å². The lowest BCUT2D eigenvalue weighted by Gasteiger charge is -2.16. The van der Waals surface area contributed by atoms with Gasteiger partial charge in [0.25, 0.3) is 5.91 Å². The highest BCUT2D eigenvalue weighted by Crippen LogP contribution is 2.32. The van der Waals surface area contributed by atoms with Gasteiger partial charge in [-0.2, -0.15) is 0 Å². The van der Waals surface area contributed by atoms with Crippen LogP contribution in [0.5, 0.6) is 5.75 Å². The van der Waals surface area contributed by atoms with Gasteiger partial charge in [0.15, 0.2) is 6.61 Å². The van der Waals surface area contributed by atoms with Crippen molar-refractivity contribution in [2.45, 2.75) is 26.2 Å². The van der Waals surface area contributed by atoms with E-state index in [4.69, 9.17) is 9.47 Å². The van der Waals surface area contributed by atoms with Crippen LogP contribution in [0.2, 0.25) is 0 Å². The molecule has 1 atom stereocenters. The first kappa shape index (κ1) is 17.5. The van der Waals surface area contributed by atoms with Gasteiger partial charge >= 0.3 is 5.97 Å². The Morgan fingerprint density at radius 2 is 2.16 bits per heavy atom. The molecular formula is C19H21NO4S. The zero-order chi connectivity index (χ0) is 17.8. The second-order valence-electron chi connectivity index (χ2n) is 6.26. The van der Waals surface area contributed by atoms with Gasteiger partial charge in [0.05, 0.1) is 7.11 Å². The summed E-state index contributed by atoms with van der Waals surface area (Å²) < 4.78 is 10.3. The molecule has 2 aromatic rings. The van der Waals surface area contributed by atoms with Crippen LogP contribution in [0, 0.1) is 5.92 Å². The second-order valence-corrected chi connectivity index (χ2v) is 7.40. The van der Waals surface area contributed by atoms with Crippen molar-refractivity contribution < 1.29 is 19.1 Å². The lowest BCUT2D eigenvalue weighted by atomic mass is 9.90. The predicted molar refractivity (Wildman–Crippen MR) is 97.4 cm³/mol. The fourth-order valence-electron chi connectivity index (χ4n) is 2.91. The van der Waals surface area contributed by atoms with E-state index in [9.17, 15) is 9.59 Å². The fourth-order valence-corrected chi connectivity index (χ4v) is 4.01. The fraction of sp³-hybridized carbons (Fsp3) is 0.368. The third-order valence-electron chi connectivity index (χ3n) is 4.22. The summed E-state index contributed by atoms with van der Waals surface area (Å²) >= 11 is 1.48. The number of hydrogen-bond acceptors (Lipinski definition) is 5. The van der Waals surface area contributed by atoms with E-state index in [2.05, 4.69) is 12.2 Å². The number of thiophene rings is 1. The number of amides is 1. The molecule has 1 amide bonds. The molecule has 132 valence electrons. The highest BCUT2D eigenvalue weighted by molar-refractivity contribution is 7.14. The third kappa shape index (κ3) is 4.39. The number of carbonyl (C=O) groups excluding carboxylic acids is 2. The van der Waals surface area contributed by atoms with Crippen molar-refractivity contribution in [1.29, 1.82) is 0 Å². The highest BCUT2D eigenvalue weighted by Gasteiger charge is 2.21. The van der Waals surface area contributed by atoms with Gasteiger partial charge in [-0.05, 0) is 48.9 Å². The molecule has 0 fully saturated rings. The second kappa shape index (κ2) is 7.70. The van der Waals surface area contributed by atoms with Crippen molar-refractivity contribution in [3.05, 3.63) is 45.6 Å². The molecule has 5 nitrogen and oxygen atoms in total. The molecule has 25 heavy (non-hydrogen) atoms. The Bertz CT molecular complexity index is 783. The lowest BCUT2D eigenvalue weighted by molar-refractivity contribution is -0.119. The third-order valence-corrected chi connectivity index (χ3v) is 5.44. The van der Waals surface area contributed by atoms with Crippen LogP contribution in [-0.4, -0.2) is 25.6 Å². The molecule has 1 aromatic carbocycles. The molecule has 1 N–H and O–H groups in total. The van der Waals surface area contributed by atoms with Gasteiger partial charge < -0.3 is 14.8 Å². The zero-order valence-electron chi connectivity index (χ0n) is 14.3. The maximum absolute atomic E-state index is 12.2. The van der Waals surface area contributed by atoms with Crippen molar-refractivity contribution in [2.75, 3.05) is 19.0 Å².